The molecule has 3 atom stereocenters. The molecule has 1 saturated heterocycles. The van der Waals surface area contributed by atoms with Crippen LogP contribution in [0.25, 0.3) is 11.1 Å². The van der Waals surface area contributed by atoms with E-state index in [9.17, 15) is 9.90 Å². The van der Waals surface area contributed by atoms with Crippen molar-refractivity contribution in [2.45, 2.75) is 90.3 Å². The second-order valence-electron chi connectivity index (χ2n) is 13.1. The number of ether oxygens (including phenoxy) is 1. The summed E-state index contributed by atoms with van der Waals surface area (Å²) in [4.78, 5) is 18.5. The molecule has 2 aliphatic heterocycles. The molecule has 3 aliphatic rings. The van der Waals surface area contributed by atoms with Crippen molar-refractivity contribution < 1.29 is 19.0 Å². The largest absolute Gasteiger partial charge is 0.485 e. The second-order valence-corrected chi connectivity index (χ2v) is 13.1. The monoisotopic (exact) mass is 556 g/mol. The SMILES string of the molecule is Cc1cc(-c2ccc([C@@H]3CCc4ccc([C@H](C5CC5)[C@H](C)C(=O)O)cc4O3)cc2CN2CCCC2(C)C)c(F)cn1. The van der Waals surface area contributed by atoms with Gasteiger partial charge in [0.25, 0.3) is 0 Å². The molecule has 3 aromatic rings. The summed E-state index contributed by atoms with van der Waals surface area (Å²) in [7, 11) is 0. The van der Waals surface area contributed by atoms with E-state index < -0.39 is 11.9 Å². The van der Waals surface area contributed by atoms with E-state index in [0.717, 1.165) is 85.3 Å². The van der Waals surface area contributed by atoms with Gasteiger partial charge >= 0.3 is 5.97 Å². The van der Waals surface area contributed by atoms with E-state index in [1.54, 1.807) is 0 Å². The fraction of sp³-hybridized carbons (Fsp3) is 0.486. The van der Waals surface area contributed by atoms with Crippen molar-refractivity contribution in [1.82, 2.24) is 9.88 Å². The van der Waals surface area contributed by atoms with Crippen LogP contribution in [0.3, 0.4) is 0 Å². The highest BCUT2D eigenvalue weighted by atomic mass is 19.1. The standard InChI is InChI=1S/C35H41FN2O3/c1-21-16-29(30(36)19-37-21)28-12-10-25(17-27(28)20-38-15-5-14-35(38,3)4)31-13-11-23-6-9-26(18-32(23)41-31)33(24-7-8-24)22(2)34(39)40/h6,9-10,12,16-19,22,24,31,33H,5,7-8,11,13-15,20H2,1-4H3,(H,39,40)/t22-,31-,33-/m0/s1. The average molecular weight is 557 g/mol. The number of fused-ring (bicyclic) bond motifs is 1. The van der Waals surface area contributed by atoms with E-state index >= 15 is 4.39 Å². The predicted octanol–water partition coefficient (Wildman–Crippen LogP) is 7.85. The Morgan fingerprint density at radius 2 is 1.95 bits per heavy atom. The molecule has 216 valence electrons. The molecule has 1 N–H and O–H groups in total. The highest BCUT2D eigenvalue weighted by Crippen LogP contribution is 2.48. The molecule has 0 radical (unpaired) electrons. The minimum atomic E-state index is -0.743. The van der Waals surface area contributed by atoms with Crippen LogP contribution < -0.4 is 4.74 Å². The molecule has 6 rings (SSSR count). The Hall–Kier alpha value is -3.25. The van der Waals surface area contributed by atoms with E-state index in [1.807, 2.05) is 19.9 Å². The lowest BCUT2D eigenvalue weighted by molar-refractivity contribution is -0.142. The van der Waals surface area contributed by atoms with Gasteiger partial charge < -0.3 is 9.84 Å². The van der Waals surface area contributed by atoms with Gasteiger partial charge in [-0.05, 0) is 118 Å². The summed E-state index contributed by atoms with van der Waals surface area (Å²) in [5.41, 5.74) is 6.84. The van der Waals surface area contributed by atoms with Gasteiger partial charge in [-0.1, -0.05) is 37.3 Å². The van der Waals surface area contributed by atoms with Gasteiger partial charge in [0.2, 0.25) is 0 Å². The number of aryl methyl sites for hydroxylation is 2. The smallest absolute Gasteiger partial charge is 0.306 e. The molecule has 2 aromatic carbocycles. The number of hydrogen-bond donors (Lipinski definition) is 1. The first-order valence-electron chi connectivity index (χ1n) is 15.1. The third-order valence-corrected chi connectivity index (χ3v) is 9.70. The molecule has 5 nitrogen and oxygen atoms in total. The van der Waals surface area contributed by atoms with Crippen LogP contribution >= 0.6 is 0 Å². The Balaban J connectivity index is 1.33. The summed E-state index contributed by atoms with van der Waals surface area (Å²) in [6.07, 6.45) is 7.46. The zero-order chi connectivity index (χ0) is 28.9. The van der Waals surface area contributed by atoms with Crippen molar-refractivity contribution in [3.63, 3.8) is 0 Å². The van der Waals surface area contributed by atoms with Crippen LogP contribution in [0.15, 0.2) is 48.7 Å². The highest BCUT2D eigenvalue weighted by Gasteiger charge is 2.39. The van der Waals surface area contributed by atoms with Crippen molar-refractivity contribution in [2.75, 3.05) is 6.54 Å². The minimum Gasteiger partial charge on any atom is -0.485 e. The average Bonchev–Trinajstić information content (AvgIpc) is 3.72. The van der Waals surface area contributed by atoms with Crippen molar-refractivity contribution in [3.05, 3.63) is 82.4 Å². The van der Waals surface area contributed by atoms with Crippen LogP contribution in [-0.2, 0) is 17.8 Å². The summed E-state index contributed by atoms with van der Waals surface area (Å²) in [5.74, 6) is -0.170. The van der Waals surface area contributed by atoms with Gasteiger partial charge in [0.05, 0.1) is 12.1 Å². The van der Waals surface area contributed by atoms with E-state index in [-0.39, 0.29) is 23.4 Å². The summed E-state index contributed by atoms with van der Waals surface area (Å²) < 4.78 is 21.7. The summed E-state index contributed by atoms with van der Waals surface area (Å²) in [5, 5.41) is 9.76. The van der Waals surface area contributed by atoms with Gasteiger partial charge in [-0.2, -0.15) is 0 Å². The molecule has 1 aliphatic carbocycles. The maximum Gasteiger partial charge on any atom is 0.306 e. The first kappa shape index (κ1) is 27.9. The number of aliphatic carboxylic acids is 1. The molecular formula is C35H41FN2O3. The number of aromatic nitrogens is 1. The lowest BCUT2D eigenvalue weighted by atomic mass is 9.82. The number of halogens is 1. The van der Waals surface area contributed by atoms with E-state index in [0.29, 0.717) is 11.5 Å². The topological polar surface area (TPSA) is 62.7 Å². The second kappa shape index (κ2) is 10.9. The van der Waals surface area contributed by atoms with Gasteiger partial charge in [-0.25, -0.2) is 4.39 Å². The molecular weight excluding hydrogens is 515 g/mol. The molecule has 0 spiro atoms. The minimum absolute atomic E-state index is 0.00944. The fourth-order valence-electron chi connectivity index (χ4n) is 7.03. The molecule has 1 saturated carbocycles. The maximum atomic E-state index is 15.1. The Morgan fingerprint density at radius 3 is 2.66 bits per heavy atom. The molecule has 6 heteroatoms. The van der Waals surface area contributed by atoms with Crippen LogP contribution in [0.1, 0.15) is 92.8 Å². The summed E-state index contributed by atoms with van der Waals surface area (Å²) in [6.45, 7) is 10.1. The fourth-order valence-corrected chi connectivity index (χ4v) is 7.03. The number of rotatable bonds is 8. The third kappa shape index (κ3) is 5.63. The van der Waals surface area contributed by atoms with E-state index in [1.165, 1.54) is 11.8 Å². The summed E-state index contributed by atoms with van der Waals surface area (Å²) in [6, 6.07) is 14.5. The summed E-state index contributed by atoms with van der Waals surface area (Å²) >= 11 is 0. The van der Waals surface area contributed by atoms with Gasteiger partial charge in [0.15, 0.2) is 0 Å². The number of benzene rings is 2. The van der Waals surface area contributed by atoms with Gasteiger partial charge in [-0.15, -0.1) is 0 Å². The molecule has 0 amide bonds. The number of carboxylic acids is 1. The van der Waals surface area contributed by atoms with Crippen LogP contribution in [0, 0.1) is 24.6 Å². The lowest BCUT2D eigenvalue weighted by Gasteiger charge is -2.33. The van der Waals surface area contributed by atoms with Gasteiger partial charge in [0, 0.05) is 23.3 Å². The first-order chi connectivity index (χ1) is 19.6. The first-order valence-corrected chi connectivity index (χ1v) is 15.1. The zero-order valence-electron chi connectivity index (χ0n) is 24.6. The van der Waals surface area contributed by atoms with Crippen molar-refractivity contribution >= 4 is 5.97 Å². The van der Waals surface area contributed by atoms with Crippen LogP contribution in [-0.4, -0.2) is 33.0 Å². The van der Waals surface area contributed by atoms with Crippen LogP contribution in [0.2, 0.25) is 0 Å². The van der Waals surface area contributed by atoms with Gasteiger partial charge in [0.1, 0.15) is 17.7 Å². The van der Waals surface area contributed by atoms with E-state index in [2.05, 4.69) is 60.1 Å². The van der Waals surface area contributed by atoms with Crippen LogP contribution in [0.5, 0.6) is 5.75 Å². The molecule has 0 bridgehead atoms. The molecule has 41 heavy (non-hydrogen) atoms. The highest BCUT2D eigenvalue weighted by molar-refractivity contribution is 5.71. The van der Waals surface area contributed by atoms with Crippen LogP contribution in [0.4, 0.5) is 4.39 Å². The Labute approximate surface area is 242 Å². The Morgan fingerprint density at radius 1 is 1.15 bits per heavy atom. The van der Waals surface area contributed by atoms with Crippen molar-refractivity contribution in [1.29, 1.82) is 0 Å². The molecule has 1 aromatic heterocycles. The Kier molecular flexibility index (Phi) is 7.39. The number of carbonyl (C=O) groups is 1. The number of likely N-dealkylation sites (tertiary alicyclic amines) is 1. The quantitative estimate of drug-likeness (QED) is 0.306. The third-order valence-electron chi connectivity index (χ3n) is 9.70. The van der Waals surface area contributed by atoms with Crippen molar-refractivity contribution in [3.8, 4) is 16.9 Å². The zero-order valence-corrected chi connectivity index (χ0v) is 24.6. The normalized spacial score (nSPS) is 21.6. The lowest BCUT2D eigenvalue weighted by Crippen LogP contribution is -2.37. The van der Waals surface area contributed by atoms with E-state index in [4.69, 9.17) is 4.74 Å². The van der Waals surface area contributed by atoms with Gasteiger partial charge in [-0.3, -0.25) is 14.7 Å². The van der Waals surface area contributed by atoms with Crippen molar-refractivity contribution in [2.24, 2.45) is 11.8 Å². The number of carboxylic acid groups (broad SMARTS) is 1. The molecule has 2 fully saturated rings. The molecule has 3 heterocycles. The Bertz CT molecular complexity index is 1460. The number of nitrogens with zero attached hydrogens (tertiary/aromatic N) is 2. The maximum absolute atomic E-state index is 15.1. The number of hydrogen-bond acceptors (Lipinski definition) is 4. The predicted molar refractivity (Wildman–Crippen MR) is 158 cm³/mol. The number of pyridine rings is 1. The molecule has 0 unspecified atom stereocenters.